The van der Waals surface area contributed by atoms with Crippen LogP contribution in [0, 0.1) is 0 Å². The van der Waals surface area contributed by atoms with E-state index in [0.717, 1.165) is 47.6 Å². The molecular weight excluding hydrogens is 516 g/mol. The van der Waals surface area contributed by atoms with Gasteiger partial charge in [-0.15, -0.1) is 0 Å². The Hall–Kier alpha value is -2.37. The molecule has 3 aliphatic rings. The van der Waals surface area contributed by atoms with Crippen molar-refractivity contribution < 1.29 is 17.7 Å². The van der Waals surface area contributed by atoms with E-state index >= 15 is 0 Å². The van der Waals surface area contributed by atoms with Gasteiger partial charge in [-0.3, -0.25) is 0 Å². The van der Waals surface area contributed by atoms with E-state index in [9.17, 15) is 13.0 Å². The van der Waals surface area contributed by atoms with Gasteiger partial charge in [0, 0.05) is 5.56 Å². The van der Waals surface area contributed by atoms with Crippen LogP contribution in [-0.4, -0.2) is 13.0 Å². The van der Waals surface area contributed by atoms with E-state index in [1.54, 1.807) is 6.07 Å². The third-order valence-corrected chi connectivity index (χ3v) is 10.8. The molecule has 214 valence electrons. The van der Waals surface area contributed by atoms with Crippen molar-refractivity contribution >= 4 is 20.9 Å². The highest BCUT2D eigenvalue weighted by atomic mass is 32.2. The van der Waals surface area contributed by atoms with Gasteiger partial charge in [0.05, 0.1) is 0 Å². The average molecular weight is 560 g/mol. The van der Waals surface area contributed by atoms with Gasteiger partial charge >= 0.3 is 0 Å². The number of benzene rings is 3. The smallest absolute Gasteiger partial charge is 0.212 e. The van der Waals surface area contributed by atoms with E-state index in [1.807, 2.05) is 36.4 Å². The summed E-state index contributed by atoms with van der Waals surface area (Å²) in [4.78, 5) is 0. The number of hydrogen-bond acceptors (Lipinski definition) is 4. The first-order valence-electron chi connectivity index (χ1n) is 15.7. The Balaban J connectivity index is 1.49. The van der Waals surface area contributed by atoms with Crippen LogP contribution in [0.3, 0.4) is 0 Å². The van der Waals surface area contributed by atoms with Gasteiger partial charge in [0.2, 0.25) is 5.44 Å². The van der Waals surface area contributed by atoms with Gasteiger partial charge in [-0.05, 0) is 89.8 Å². The Morgan fingerprint density at radius 3 is 1.65 bits per heavy atom. The first-order valence-corrected chi connectivity index (χ1v) is 17.2. The minimum Gasteiger partial charge on any atom is -0.745 e. The average Bonchev–Trinajstić information content (AvgIpc) is 3.00. The molecule has 1 atom stereocenters. The van der Waals surface area contributed by atoms with Gasteiger partial charge in [-0.1, -0.05) is 106 Å². The lowest BCUT2D eigenvalue weighted by molar-refractivity contribution is 0.248. The van der Waals surface area contributed by atoms with Crippen LogP contribution in [0.25, 0.3) is 10.8 Å². The third kappa shape index (κ3) is 6.11. The molecule has 6 rings (SSSR count). The molecule has 0 spiro atoms. The molecule has 0 bridgehead atoms. The zero-order valence-electron chi connectivity index (χ0n) is 23.7. The summed E-state index contributed by atoms with van der Waals surface area (Å²) in [6, 6.07) is 18.0. The topological polar surface area (TPSA) is 66.4 Å². The standard InChI is InChI=1S/C35H44O4S/c36-40(37,38)35(30-21-20-26-14-10-11-19-29(26)22-30)39-34-32(27-15-6-2-7-16-27)23-31(25-12-4-1-5-13-25)24-33(34)28-17-8-3-9-18-28/h10-11,14,19-25,27-28,35H,1-9,12-13,15-18H2,(H,36,37,38)/p-1. The number of rotatable bonds is 7. The largest absolute Gasteiger partial charge is 0.745 e. The summed E-state index contributed by atoms with van der Waals surface area (Å²) < 4.78 is 45.3. The van der Waals surface area contributed by atoms with Crippen molar-refractivity contribution in [2.45, 2.75) is 120 Å². The van der Waals surface area contributed by atoms with Crippen LogP contribution >= 0.6 is 0 Å². The number of hydrogen-bond donors (Lipinski definition) is 0. The predicted octanol–water partition coefficient (Wildman–Crippen LogP) is 9.61. The molecule has 0 saturated heterocycles. The van der Waals surface area contributed by atoms with E-state index in [-0.39, 0.29) is 0 Å². The second-order valence-electron chi connectivity index (χ2n) is 12.6. The predicted molar refractivity (Wildman–Crippen MR) is 161 cm³/mol. The van der Waals surface area contributed by atoms with Crippen LogP contribution < -0.4 is 4.74 Å². The maximum Gasteiger partial charge on any atom is 0.212 e. The first-order chi connectivity index (χ1) is 19.5. The molecule has 0 aliphatic heterocycles. The molecule has 1 unspecified atom stereocenters. The van der Waals surface area contributed by atoms with Crippen LogP contribution in [0.1, 0.15) is 142 Å². The monoisotopic (exact) mass is 559 g/mol. The highest BCUT2D eigenvalue weighted by Gasteiger charge is 2.32. The zero-order valence-corrected chi connectivity index (χ0v) is 24.5. The summed E-state index contributed by atoms with van der Waals surface area (Å²) in [6.45, 7) is 0. The molecule has 0 heterocycles. The van der Waals surface area contributed by atoms with Gasteiger partial charge < -0.3 is 9.29 Å². The molecular formula is C35H43O4S-. The van der Waals surface area contributed by atoms with Crippen molar-refractivity contribution in [1.82, 2.24) is 0 Å². The minimum atomic E-state index is -4.78. The van der Waals surface area contributed by atoms with Gasteiger partial charge in [0.1, 0.15) is 15.9 Å². The lowest BCUT2D eigenvalue weighted by Crippen LogP contribution is -2.22. The number of ether oxygens (including phenoxy) is 1. The summed E-state index contributed by atoms with van der Waals surface area (Å²) >= 11 is 0. The van der Waals surface area contributed by atoms with E-state index < -0.39 is 15.6 Å². The second kappa shape index (κ2) is 12.2. The van der Waals surface area contributed by atoms with Gasteiger partial charge in [0.15, 0.2) is 0 Å². The molecule has 0 amide bonds. The quantitative estimate of drug-likeness (QED) is 0.270. The summed E-state index contributed by atoms with van der Waals surface area (Å²) in [7, 11) is -4.78. The zero-order chi connectivity index (χ0) is 27.5. The SMILES string of the molecule is O=S(=O)([O-])C(Oc1c(C2CCCCC2)cc(C2CCCCC2)cc1C1CCCCC1)c1ccc2ccccc2c1. The van der Waals surface area contributed by atoms with Gasteiger partial charge in [0.25, 0.3) is 0 Å². The fourth-order valence-corrected chi connectivity index (χ4v) is 8.39. The van der Waals surface area contributed by atoms with Crippen molar-refractivity contribution in [2.75, 3.05) is 0 Å². The Morgan fingerprint density at radius 2 is 1.12 bits per heavy atom. The summed E-state index contributed by atoms with van der Waals surface area (Å²) in [6.07, 6.45) is 17.9. The van der Waals surface area contributed by atoms with Crippen LogP contribution in [0.2, 0.25) is 0 Å². The summed E-state index contributed by atoms with van der Waals surface area (Å²) in [5.74, 6) is 1.96. The molecule has 40 heavy (non-hydrogen) atoms. The lowest BCUT2D eigenvalue weighted by Gasteiger charge is -2.34. The third-order valence-electron chi connectivity index (χ3n) is 9.87. The van der Waals surface area contributed by atoms with Crippen molar-refractivity contribution in [1.29, 1.82) is 0 Å². The Bertz CT molecular complexity index is 1370. The molecule has 0 aromatic heterocycles. The fraction of sp³-hybridized carbons (Fsp3) is 0.543. The molecule has 4 nitrogen and oxygen atoms in total. The van der Waals surface area contributed by atoms with E-state index in [4.69, 9.17) is 4.74 Å². The van der Waals surface area contributed by atoms with E-state index in [2.05, 4.69) is 12.1 Å². The maximum atomic E-state index is 12.9. The highest BCUT2D eigenvalue weighted by Crippen LogP contribution is 2.48. The van der Waals surface area contributed by atoms with E-state index in [1.165, 1.54) is 76.2 Å². The lowest BCUT2D eigenvalue weighted by atomic mass is 9.75. The Labute approximate surface area is 240 Å². The first kappa shape index (κ1) is 27.8. The molecule has 0 radical (unpaired) electrons. The number of fused-ring (bicyclic) bond motifs is 1. The van der Waals surface area contributed by atoms with Crippen molar-refractivity contribution in [3.8, 4) is 5.75 Å². The Kier molecular flexibility index (Phi) is 8.50. The molecule has 0 N–H and O–H groups in total. The van der Waals surface area contributed by atoms with Crippen LogP contribution in [0.15, 0.2) is 54.6 Å². The van der Waals surface area contributed by atoms with Crippen molar-refractivity contribution in [2.24, 2.45) is 0 Å². The van der Waals surface area contributed by atoms with E-state index in [0.29, 0.717) is 29.1 Å². The molecule has 3 saturated carbocycles. The van der Waals surface area contributed by atoms with Crippen LogP contribution in [0.4, 0.5) is 0 Å². The fourth-order valence-electron chi connectivity index (χ4n) is 7.70. The second-order valence-corrected chi connectivity index (χ2v) is 14.0. The maximum absolute atomic E-state index is 12.9. The van der Waals surface area contributed by atoms with Gasteiger partial charge in [-0.2, -0.15) is 0 Å². The minimum absolute atomic E-state index is 0.348. The van der Waals surface area contributed by atoms with Crippen LogP contribution in [0.5, 0.6) is 5.75 Å². The van der Waals surface area contributed by atoms with Crippen LogP contribution in [-0.2, 0) is 10.1 Å². The van der Waals surface area contributed by atoms with Crippen molar-refractivity contribution in [3.05, 3.63) is 76.9 Å². The molecule has 5 heteroatoms. The molecule has 3 fully saturated rings. The molecule has 3 aliphatic carbocycles. The van der Waals surface area contributed by atoms with Gasteiger partial charge in [-0.25, -0.2) is 8.42 Å². The summed E-state index contributed by atoms with van der Waals surface area (Å²) in [5, 5.41) is 1.92. The molecule has 3 aromatic rings. The molecule has 3 aromatic carbocycles. The van der Waals surface area contributed by atoms with Crippen molar-refractivity contribution in [3.63, 3.8) is 0 Å². The highest BCUT2D eigenvalue weighted by molar-refractivity contribution is 7.85. The Morgan fingerprint density at radius 1 is 0.625 bits per heavy atom. The summed E-state index contributed by atoms with van der Waals surface area (Å²) in [5.41, 5.74) is 2.59. The normalized spacial score (nSPS) is 20.9.